The molecule has 1 aromatic heterocycles. The van der Waals surface area contributed by atoms with Crippen molar-refractivity contribution in [3.05, 3.63) is 120 Å². The fourth-order valence-corrected chi connectivity index (χ4v) is 5.44. The average Bonchev–Trinajstić information content (AvgIpc) is 3.59. The van der Waals surface area contributed by atoms with E-state index in [0.717, 1.165) is 49.5 Å². The first-order chi connectivity index (χ1) is 19.7. The first-order valence-electron chi connectivity index (χ1n) is 13.7. The third kappa shape index (κ3) is 5.26. The molecule has 0 unspecified atom stereocenters. The van der Waals surface area contributed by atoms with Crippen LogP contribution in [0.25, 0.3) is 28.1 Å². The number of rotatable bonds is 9. The van der Waals surface area contributed by atoms with E-state index in [9.17, 15) is 0 Å². The minimum absolute atomic E-state index is 0.588. The number of allylic oxidation sites excluding steroid dienone is 4. The van der Waals surface area contributed by atoms with Crippen molar-refractivity contribution in [3.8, 4) is 16.9 Å². The number of aliphatic imine (C=N–C) groups is 1. The summed E-state index contributed by atoms with van der Waals surface area (Å²) >= 11 is 0. The zero-order valence-corrected chi connectivity index (χ0v) is 22.5. The van der Waals surface area contributed by atoms with Crippen LogP contribution in [0, 0.1) is 0 Å². The van der Waals surface area contributed by atoms with Gasteiger partial charge in [0, 0.05) is 31.6 Å². The number of benzene rings is 3. The van der Waals surface area contributed by atoms with Gasteiger partial charge in [-0.15, -0.1) is 0 Å². The highest BCUT2D eigenvalue weighted by atomic mass is 17.1. The number of hydrogen-bond acceptors (Lipinski definition) is 5. The van der Waals surface area contributed by atoms with Crippen LogP contribution in [-0.2, 0) is 17.9 Å². The number of pyridine rings is 1. The Morgan fingerprint density at radius 2 is 1.93 bits per heavy atom. The fourth-order valence-electron chi connectivity index (χ4n) is 5.44. The zero-order valence-electron chi connectivity index (χ0n) is 22.5. The number of para-hydroxylation sites is 1. The lowest BCUT2D eigenvalue weighted by Gasteiger charge is -2.11. The van der Waals surface area contributed by atoms with Crippen molar-refractivity contribution in [2.45, 2.75) is 26.3 Å². The van der Waals surface area contributed by atoms with Gasteiger partial charge < -0.3 is 14.5 Å². The zero-order chi connectivity index (χ0) is 27.3. The van der Waals surface area contributed by atoms with E-state index < -0.39 is 0 Å². The van der Waals surface area contributed by atoms with E-state index in [-0.39, 0.29) is 0 Å². The molecule has 4 aromatic rings. The molecule has 0 radical (unpaired) electrons. The molecular weight excluding hydrogens is 498 g/mol. The molecule has 0 spiro atoms. The molecule has 0 saturated heterocycles. The van der Waals surface area contributed by atoms with Gasteiger partial charge in [0.2, 0.25) is 17.8 Å². The third-order valence-electron chi connectivity index (χ3n) is 7.40. The second-order valence-electron chi connectivity index (χ2n) is 10.1. The maximum atomic E-state index is 8.36. The summed E-state index contributed by atoms with van der Waals surface area (Å²) in [5.74, 6) is 1.83. The monoisotopic (exact) mass is 530 g/mol. The number of hydrogen-bond donors (Lipinski definition) is 1. The molecule has 6 heteroatoms. The van der Waals surface area contributed by atoms with Gasteiger partial charge in [0.1, 0.15) is 0 Å². The third-order valence-corrected chi connectivity index (χ3v) is 7.40. The molecule has 0 fully saturated rings. The van der Waals surface area contributed by atoms with Gasteiger partial charge in [-0.05, 0) is 59.9 Å². The highest BCUT2D eigenvalue weighted by Crippen LogP contribution is 2.47. The van der Waals surface area contributed by atoms with E-state index in [0.29, 0.717) is 6.54 Å². The van der Waals surface area contributed by atoms with Crippen LogP contribution >= 0.6 is 0 Å². The van der Waals surface area contributed by atoms with Crippen molar-refractivity contribution in [3.63, 3.8) is 0 Å². The second-order valence-corrected chi connectivity index (χ2v) is 10.1. The maximum Gasteiger partial charge on any atom is 0.214 e. The number of fused-ring (bicyclic) bond motifs is 1. The van der Waals surface area contributed by atoms with Crippen molar-refractivity contribution in [1.82, 2.24) is 0 Å². The Morgan fingerprint density at radius 3 is 2.80 bits per heavy atom. The molecule has 0 amide bonds. The number of ether oxygens (including phenoxy) is 1. The SMILES string of the molecule is CC(/C=C/c1cc[n+](CCCN=COO)c2ccccc12)=C\C=C1/Oc2cc(-c3ccccc3)cc3c2N1CC3. The predicted molar refractivity (Wildman–Crippen MR) is 160 cm³/mol. The molecule has 200 valence electrons. The van der Waals surface area contributed by atoms with Crippen molar-refractivity contribution in [1.29, 1.82) is 0 Å². The molecule has 0 saturated carbocycles. The molecule has 2 aliphatic rings. The van der Waals surface area contributed by atoms with Crippen LogP contribution in [0.3, 0.4) is 0 Å². The molecule has 0 aliphatic carbocycles. The van der Waals surface area contributed by atoms with Crippen LogP contribution in [0.2, 0.25) is 0 Å². The van der Waals surface area contributed by atoms with Crippen molar-refractivity contribution >= 4 is 29.1 Å². The summed E-state index contributed by atoms with van der Waals surface area (Å²) < 4.78 is 8.57. The second kappa shape index (κ2) is 11.6. The molecule has 0 bridgehead atoms. The smallest absolute Gasteiger partial charge is 0.214 e. The van der Waals surface area contributed by atoms with Gasteiger partial charge >= 0.3 is 0 Å². The van der Waals surface area contributed by atoms with Gasteiger partial charge in [0.05, 0.1) is 11.1 Å². The summed E-state index contributed by atoms with van der Waals surface area (Å²) in [6.45, 7) is 4.46. The normalized spacial score (nSPS) is 15.5. The van der Waals surface area contributed by atoms with Gasteiger partial charge in [-0.3, -0.25) is 4.99 Å². The summed E-state index contributed by atoms with van der Waals surface area (Å²) in [4.78, 5) is 10.2. The molecule has 0 atom stereocenters. The van der Waals surface area contributed by atoms with Gasteiger partial charge in [0.15, 0.2) is 18.5 Å². The van der Waals surface area contributed by atoms with Gasteiger partial charge in [-0.2, -0.15) is 4.57 Å². The minimum atomic E-state index is 0.588. The van der Waals surface area contributed by atoms with Crippen LogP contribution in [0.4, 0.5) is 5.69 Å². The minimum Gasteiger partial charge on any atom is -0.439 e. The van der Waals surface area contributed by atoms with Gasteiger partial charge in [-0.1, -0.05) is 66.3 Å². The summed E-state index contributed by atoms with van der Waals surface area (Å²) in [6, 6.07) is 25.5. The van der Waals surface area contributed by atoms with Crippen molar-refractivity contribution in [2.75, 3.05) is 18.0 Å². The molecule has 6 nitrogen and oxygen atoms in total. The van der Waals surface area contributed by atoms with Crippen LogP contribution < -0.4 is 14.2 Å². The van der Waals surface area contributed by atoms with E-state index in [1.807, 2.05) is 6.07 Å². The Morgan fingerprint density at radius 1 is 1.07 bits per heavy atom. The Hall–Kier alpha value is -4.68. The van der Waals surface area contributed by atoms with Crippen molar-refractivity contribution in [2.24, 2.45) is 4.99 Å². The molecule has 3 aromatic carbocycles. The number of nitrogens with zero attached hydrogens (tertiary/aromatic N) is 3. The Labute approximate surface area is 234 Å². The standard InChI is InChI=1S/C34H31N3O3/c1-25(12-14-27-16-20-36(19-7-18-35-24-39-38)31-11-6-5-10-30(27)31)13-15-33-37-21-17-28-22-29(23-32(40-33)34(28)37)26-8-3-2-4-9-26/h2-6,8-16,20,22-24H,7,17-19,21H2,1H3/p+1. The summed E-state index contributed by atoms with van der Waals surface area (Å²) in [5, 5.41) is 9.56. The Bertz CT molecular complexity index is 1650. The van der Waals surface area contributed by atoms with Crippen LogP contribution in [0.15, 0.2) is 114 Å². The first-order valence-corrected chi connectivity index (χ1v) is 13.7. The van der Waals surface area contributed by atoms with E-state index in [1.165, 1.54) is 38.8 Å². The lowest BCUT2D eigenvalue weighted by atomic mass is 10.0. The number of anilines is 1. The predicted octanol–water partition coefficient (Wildman–Crippen LogP) is 6.96. The quantitative estimate of drug-likeness (QED) is 0.0484. The van der Waals surface area contributed by atoms with Gasteiger partial charge in [0.25, 0.3) is 0 Å². The number of aromatic nitrogens is 1. The Kier molecular flexibility index (Phi) is 7.42. The van der Waals surface area contributed by atoms with Gasteiger partial charge in [-0.25, -0.2) is 5.26 Å². The molecular formula is C34H32N3O3+. The topological polar surface area (TPSA) is 58.2 Å². The summed E-state index contributed by atoms with van der Waals surface area (Å²) in [7, 11) is 0. The lowest BCUT2D eigenvalue weighted by molar-refractivity contribution is -0.671. The Balaban J connectivity index is 1.19. The van der Waals surface area contributed by atoms with Crippen LogP contribution in [0.1, 0.15) is 24.5 Å². The molecule has 3 heterocycles. The largest absolute Gasteiger partial charge is 0.439 e. The highest BCUT2D eigenvalue weighted by Gasteiger charge is 2.33. The molecule has 40 heavy (non-hydrogen) atoms. The fraction of sp³-hybridized carbons (Fsp3) is 0.176. The molecule has 6 rings (SSSR count). The highest BCUT2D eigenvalue weighted by molar-refractivity contribution is 5.86. The molecule has 2 aliphatic heterocycles. The van der Waals surface area contributed by atoms with Crippen LogP contribution in [0.5, 0.6) is 5.75 Å². The van der Waals surface area contributed by atoms with E-state index in [4.69, 9.17) is 9.99 Å². The maximum absolute atomic E-state index is 8.36. The number of aryl methyl sites for hydroxylation is 1. The van der Waals surface area contributed by atoms with Crippen LogP contribution in [-0.4, -0.2) is 24.7 Å². The van der Waals surface area contributed by atoms with Crippen molar-refractivity contribution < 1.29 is 19.4 Å². The first kappa shape index (κ1) is 25.6. The van der Waals surface area contributed by atoms with E-state index in [2.05, 4.69) is 124 Å². The average molecular weight is 531 g/mol. The molecule has 1 N–H and O–H groups in total. The lowest BCUT2D eigenvalue weighted by Crippen LogP contribution is -2.34. The van der Waals surface area contributed by atoms with E-state index >= 15 is 0 Å². The summed E-state index contributed by atoms with van der Waals surface area (Å²) in [5.41, 5.74) is 8.46. The summed E-state index contributed by atoms with van der Waals surface area (Å²) in [6.07, 6.45) is 13.6. The van der Waals surface area contributed by atoms with E-state index in [1.54, 1.807) is 0 Å².